The van der Waals surface area contributed by atoms with Crippen LogP contribution in [0.25, 0.3) is 0 Å². The molecule has 0 bridgehead atoms. The molecule has 2 N–H and O–H groups in total. The zero-order chi connectivity index (χ0) is 38.3. The minimum atomic E-state index is -0.964. The Morgan fingerprint density at radius 2 is 1.83 bits per heavy atom. The average Bonchev–Trinajstić information content (AvgIpc) is 3.56. The van der Waals surface area contributed by atoms with E-state index in [-0.39, 0.29) is 41.4 Å². The van der Waals surface area contributed by atoms with Gasteiger partial charge in [-0.15, -0.1) is 0 Å². The van der Waals surface area contributed by atoms with E-state index in [2.05, 4.69) is 41.2 Å². The number of piperidine rings is 1. The van der Waals surface area contributed by atoms with Gasteiger partial charge in [0.2, 0.25) is 5.91 Å². The van der Waals surface area contributed by atoms with Gasteiger partial charge in [-0.1, -0.05) is 58.4 Å². The number of hydrogen-bond acceptors (Lipinski definition) is 7. The second-order valence-electron chi connectivity index (χ2n) is 15.6. The molecule has 3 aliphatic rings. The quantitative estimate of drug-likeness (QED) is 0.251. The number of carbonyl (C=O) groups is 3. The van der Waals surface area contributed by atoms with Crippen LogP contribution < -0.4 is 10.2 Å². The maximum absolute atomic E-state index is 16.0. The summed E-state index contributed by atoms with van der Waals surface area (Å²) in [5, 5.41) is 11.0. The maximum atomic E-state index is 16.0. The van der Waals surface area contributed by atoms with E-state index < -0.39 is 22.9 Å². The second-order valence-corrected chi connectivity index (χ2v) is 16.0. The Labute approximate surface area is 312 Å². The Kier molecular flexibility index (Phi) is 11.5. The zero-order valence-electron chi connectivity index (χ0n) is 32.2. The highest BCUT2D eigenvalue weighted by Gasteiger charge is 2.47. The van der Waals surface area contributed by atoms with Crippen LogP contribution in [0.2, 0.25) is 5.02 Å². The van der Waals surface area contributed by atoms with Gasteiger partial charge in [-0.3, -0.25) is 24.5 Å². The fourth-order valence-electron chi connectivity index (χ4n) is 7.67. The molecule has 0 spiro atoms. The fourth-order valence-corrected chi connectivity index (χ4v) is 7.84. The lowest BCUT2D eigenvalue weighted by molar-refractivity contribution is -0.141. The standard InChI is InChI=1S/C38H48ClFN6O4.C2H6/c1-21(2)22(3)26-17-41-43-33(26)46-20-38(8,27-11-9-12-28(39)32(27)40)31-23(4)29(15-14-25(31)34(46)47)42-24-18-44(19-24)30-13-10-16-45(35(30)48)36(49)50-37(5,6)7;1-2/h9,11-12,14-15,17,21-22,24,30,42H,10,13,16,18-20H2,1-8H3,(H,41,43);1-2H3. The molecular weight excluding hydrogens is 683 g/mol. The van der Waals surface area contributed by atoms with Gasteiger partial charge in [-0.25, -0.2) is 14.1 Å². The maximum Gasteiger partial charge on any atom is 0.417 e. The molecule has 282 valence electrons. The molecule has 1 aromatic heterocycles. The van der Waals surface area contributed by atoms with Crippen LogP contribution in [0.3, 0.4) is 0 Å². The van der Waals surface area contributed by atoms with Gasteiger partial charge in [-0.2, -0.15) is 5.10 Å². The number of anilines is 2. The summed E-state index contributed by atoms with van der Waals surface area (Å²) in [6.07, 6.45) is 2.57. The SMILES string of the molecule is CC.Cc1c(NC2CN(C3CCCN(C(=O)OC(C)(C)C)C3=O)C2)ccc2c1C(C)(c1cccc(Cl)c1F)CN(c1[nH]ncc1C(C)C(C)C)C2=O. The lowest BCUT2D eigenvalue weighted by Crippen LogP contribution is -2.64. The third-order valence-electron chi connectivity index (χ3n) is 10.7. The zero-order valence-corrected chi connectivity index (χ0v) is 32.9. The summed E-state index contributed by atoms with van der Waals surface area (Å²) in [6, 6.07) is 8.40. The molecule has 3 amide bonds. The van der Waals surface area contributed by atoms with Gasteiger partial charge in [0.1, 0.15) is 17.2 Å². The number of hydrogen-bond donors (Lipinski definition) is 2. The predicted octanol–water partition coefficient (Wildman–Crippen LogP) is 8.28. The van der Waals surface area contributed by atoms with Gasteiger partial charge in [0, 0.05) is 54.0 Å². The lowest BCUT2D eigenvalue weighted by Gasteiger charge is -2.47. The molecule has 3 aromatic rings. The van der Waals surface area contributed by atoms with Gasteiger partial charge in [0.15, 0.2) is 0 Å². The molecule has 52 heavy (non-hydrogen) atoms. The molecule has 0 aliphatic carbocycles. The number of aromatic nitrogens is 2. The van der Waals surface area contributed by atoms with Gasteiger partial charge in [0.25, 0.3) is 5.91 Å². The summed E-state index contributed by atoms with van der Waals surface area (Å²) < 4.78 is 21.5. The molecule has 0 radical (unpaired) electrons. The molecule has 10 nitrogen and oxygen atoms in total. The third-order valence-corrected chi connectivity index (χ3v) is 10.9. The molecule has 2 fully saturated rings. The number of nitrogens with zero attached hydrogens (tertiary/aromatic N) is 4. The first kappa shape index (κ1) is 39.3. The van der Waals surface area contributed by atoms with Gasteiger partial charge >= 0.3 is 6.09 Å². The van der Waals surface area contributed by atoms with E-state index in [1.54, 1.807) is 44.0 Å². The Bertz CT molecular complexity index is 1820. The van der Waals surface area contributed by atoms with Crippen LogP contribution in [0, 0.1) is 18.7 Å². The van der Waals surface area contributed by atoms with Crippen molar-refractivity contribution >= 4 is 41.0 Å². The van der Waals surface area contributed by atoms with Crippen molar-refractivity contribution in [2.24, 2.45) is 5.92 Å². The van der Waals surface area contributed by atoms with E-state index in [9.17, 15) is 14.4 Å². The monoisotopic (exact) mass is 736 g/mol. The predicted molar refractivity (Wildman–Crippen MR) is 204 cm³/mol. The second kappa shape index (κ2) is 15.2. The fraction of sp³-hybridized carbons (Fsp3) is 0.550. The van der Waals surface area contributed by atoms with Crippen molar-refractivity contribution in [1.82, 2.24) is 20.0 Å². The largest absolute Gasteiger partial charge is 0.443 e. The molecule has 6 rings (SSSR count). The Balaban J connectivity index is 0.00000257. The van der Waals surface area contributed by atoms with Crippen LogP contribution in [0.15, 0.2) is 36.5 Å². The Morgan fingerprint density at radius 1 is 1.13 bits per heavy atom. The number of nitrogens with one attached hydrogen (secondary N) is 2. The molecule has 3 atom stereocenters. The Hall–Kier alpha value is -3.96. The number of amides is 3. The van der Waals surface area contributed by atoms with Crippen LogP contribution in [0.1, 0.15) is 114 Å². The molecule has 3 aliphatic heterocycles. The van der Waals surface area contributed by atoms with Crippen molar-refractivity contribution in [3.63, 3.8) is 0 Å². The van der Waals surface area contributed by atoms with Crippen LogP contribution >= 0.6 is 11.6 Å². The van der Waals surface area contributed by atoms with Crippen molar-refractivity contribution in [1.29, 1.82) is 0 Å². The van der Waals surface area contributed by atoms with E-state index >= 15 is 4.39 Å². The summed E-state index contributed by atoms with van der Waals surface area (Å²) in [6.45, 7) is 21.4. The molecular formula is C40H54ClFN6O4. The number of carbonyl (C=O) groups excluding carboxylic acids is 3. The number of ether oxygens (including phenoxy) is 1. The molecule has 2 aromatic carbocycles. The first-order valence-corrected chi connectivity index (χ1v) is 18.9. The first-order chi connectivity index (χ1) is 24.5. The van der Waals surface area contributed by atoms with Crippen LogP contribution in [0.4, 0.5) is 20.7 Å². The first-order valence-electron chi connectivity index (χ1n) is 18.5. The van der Waals surface area contributed by atoms with E-state index in [1.165, 1.54) is 11.0 Å². The summed E-state index contributed by atoms with van der Waals surface area (Å²) in [7, 11) is 0. The van der Waals surface area contributed by atoms with Crippen molar-refractivity contribution in [2.45, 2.75) is 111 Å². The normalized spacial score (nSPS) is 21.7. The van der Waals surface area contributed by atoms with Gasteiger partial charge in [0.05, 0.1) is 23.3 Å². The van der Waals surface area contributed by atoms with Gasteiger partial charge in [-0.05, 0) is 88.6 Å². The number of fused-ring (bicyclic) bond motifs is 1. The van der Waals surface area contributed by atoms with Crippen LogP contribution in [-0.4, -0.2) is 81.8 Å². The molecule has 0 saturated carbocycles. The molecule has 2 saturated heterocycles. The topological polar surface area (TPSA) is 111 Å². The van der Waals surface area contributed by atoms with Gasteiger partial charge < -0.3 is 10.1 Å². The minimum absolute atomic E-state index is 0.0216. The molecule has 12 heteroatoms. The summed E-state index contributed by atoms with van der Waals surface area (Å²) >= 11 is 6.36. The summed E-state index contributed by atoms with van der Waals surface area (Å²) in [4.78, 5) is 45.4. The lowest BCUT2D eigenvalue weighted by atomic mass is 9.69. The average molecular weight is 737 g/mol. The van der Waals surface area contributed by atoms with E-state index in [1.807, 2.05) is 39.8 Å². The molecule has 4 heterocycles. The smallest absolute Gasteiger partial charge is 0.417 e. The van der Waals surface area contributed by atoms with Crippen molar-refractivity contribution in [2.75, 3.05) is 36.4 Å². The van der Waals surface area contributed by atoms with Crippen molar-refractivity contribution in [3.8, 4) is 0 Å². The number of benzene rings is 2. The highest BCUT2D eigenvalue weighted by Crippen LogP contribution is 2.46. The van der Waals surface area contributed by atoms with Crippen LogP contribution in [-0.2, 0) is 14.9 Å². The summed E-state index contributed by atoms with van der Waals surface area (Å²) in [5.41, 5.74) is 2.61. The number of H-pyrrole nitrogens is 1. The minimum Gasteiger partial charge on any atom is -0.443 e. The van der Waals surface area contributed by atoms with E-state index in [0.717, 1.165) is 22.4 Å². The molecule has 3 unspecified atom stereocenters. The number of rotatable bonds is 7. The Morgan fingerprint density at radius 3 is 2.48 bits per heavy atom. The van der Waals surface area contributed by atoms with E-state index in [0.29, 0.717) is 55.3 Å². The number of likely N-dealkylation sites (tertiary alicyclic amines) is 2. The highest BCUT2D eigenvalue weighted by atomic mass is 35.5. The highest BCUT2D eigenvalue weighted by molar-refractivity contribution is 6.30. The number of imide groups is 1. The number of halogens is 2. The van der Waals surface area contributed by atoms with Crippen molar-refractivity contribution in [3.05, 3.63) is 75.2 Å². The van der Waals surface area contributed by atoms with Crippen LogP contribution in [0.5, 0.6) is 0 Å². The van der Waals surface area contributed by atoms with E-state index in [4.69, 9.17) is 16.3 Å². The number of aromatic amines is 1. The summed E-state index contributed by atoms with van der Waals surface area (Å²) in [5.74, 6) is 0.144. The van der Waals surface area contributed by atoms with Crippen molar-refractivity contribution < 1.29 is 23.5 Å². The third kappa shape index (κ3) is 7.31.